The SMILES string of the molecule is [CH2]C(CCCCN)c1ccccc1. The number of unbranched alkanes of at least 4 members (excludes halogenated alkanes) is 1. The van der Waals surface area contributed by atoms with E-state index in [1.165, 1.54) is 12.0 Å². The van der Waals surface area contributed by atoms with Crippen molar-refractivity contribution in [2.45, 2.75) is 25.2 Å². The van der Waals surface area contributed by atoms with Gasteiger partial charge in [0, 0.05) is 0 Å². The van der Waals surface area contributed by atoms with Crippen LogP contribution in [0.2, 0.25) is 0 Å². The maximum Gasteiger partial charge on any atom is -0.00773 e. The maximum atomic E-state index is 5.43. The van der Waals surface area contributed by atoms with E-state index in [9.17, 15) is 0 Å². The summed E-state index contributed by atoms with van der Waals surface area (Å²) in [6, 6.07) is 10.4. The molecule has 1 unspecified atom stereocenters. The van der Waals surface area contributed by atoms with Crippen LogP contribution in [-0.4, -0.2) is 6.54 Å². The number of hydrogen-bond acceptors (Lipinski definition) is 1. The van der Waals surface area contributed by atoms with Gasteiger partial charge in [-0.2, -0.15) is 0 Å². The standard InChI is InChI=1S/C12H18N/c1-11(7-5-6-10-13)12-8-3-2-4-9-12/h2-4,8-9,11H,1,5-7,10,13H2. The van der Waals surface area contributed by atoms with Gasteiger partial charge in [-0.3, -0.25) is 0 Å². The molecule has 0 aromatic heterocycles. The molecule has 1 atom stereocenters. The van der Waals surface area contributed by atoms with Crippen LogP contribution in [0.5, 0.6) is 0 Å². The summed E-state index contributed by atoms with van der Waals surface area (Å²) in [6.07, 6.45) is 3.43. The molecule has 1 radical (unpaired) electrons. The van der Waals surface area contributed by atoms with Gasteiger partial charge in [0.1, 0.15) is 0 Å². The van der Waals surface area contributed by atoms with Gasteiger partial charge in [0.05, 0.1) is 0 Å². The molecule has 0 saturated heterocycles. The first-order valence-corrected chi connectivity index (χ1v) is 4.92. The van der Waals surface area contributed by atoms with Crippen molar-refractivity contribution in [3.8, 4) is 0 Å². The predicted octanol–water partition coefficient (Wildman–Crippen LogP) is 2.73. The summed E-state index contributed by atoms with van der Waals surface area (Å²) >= 11 is 0. The summed E-state index contributed by atoms with van der Waals surface area (Å²) in [7, 11) is 0. The van der Waals surface area contributed by atoms with E-state index in [2.05, 4.69) is 31.2 Å². The fourth-order valence-corrected chi connectivity index (χ4v) is 1.43. The zero-order valence-electron chi connectivity index (χ0n) is 8.08. The van der Waals surface area contributed by atoms with Crippen LogP contribution in [0.15, 0.2) is 30.3 Å². The molecular formula is C12H18N. The minimum atomic E-state index is 0.424. The van der Waals surface area contributed by atoms with E-state index < -0.39 is 0 Å². The van der Waals surface area contributed by atoms with E-state index in [1.54, 1.807) is 0 Å². The average Bonchev–Trinajstić information content (AvgIpc) is 2.19. The smallest absolute Gasteiger partial charge is 0.00773 e. The lowest BCUT2D eigenvalue weighted by molar-refractivity contribution is 0.641. The van der Waals surface area contributed by atoms with Crippen molar-refractivity contribution in [1.82, 2.24) is 0 Å². The molecule has 0 aliphatic carbocycles. The zero-order valence-corrected chi connectivity index (χ0v) is 8.08. The van der Waals surface area contributed by atoms with Crippen LogP contribution in [-0.2, 0) is 0 Å². The van der Waals surface area contributed by atoms with Crippen molar-refractivity contribution in [2.75, 3.05) is 6.54 Å². The molecule has 71 valence electrons. The zero-order chi connectivity index (χ0) is 9.52. The predicted molar refractivity (Wildman–Crippen MR) is 57.4 cm³/mol. The van der Waals surface area contributed by atoms with Gasteiger partial charge >= 0.3 is 0 Å². The second kappa shape index (κ2) is 5.76. The third kappa shape index (κ3) is 3.60. The second-order valence-corrected chi connectivity index (χ2v) is 3.39. The van der Waals surface area contributed by atoms with Crippen LogP contribution >= 0.6 is 0 Å². The van der Waals surface area contributed by atoms with Crippen LogP contribution in [0.4, 0.5) is 0 Å². The molecule has 13 heavy (non-hydrogen) atoms. The van der Waals surface area contributed by atoms with Gasteiger partial charge in [-0.05, 0) is 37.8 Å². The summed E-state index contributed by atoms with van der Waals surface area (Å²) < 4.78 is 0. The largest absolute Gasteiger partial charge is 0.330 e. The molecule has 0 heterocycles. The summed E-state index contributed by atoms with van der Waals surface area (Å²) in [5, 5.41) is 0. The van der Waals surface area contributed by atoms with Crippen LogP contribution < -0.4 is 5.73 Å². The second-order valence-electron chi connectivity index (χ2n) is 3.39. The van der Waals surface area contributed by atoms with E-state index in [-0.39, 0.29) is 0 Å². The molecule has 1 aromatic rings. The van der Waals surface area contributed by atoms with E-state index in [1.807, 2.05) is 6.07 Å². The minimum absolute atomic E-state index is 0.424. The van der Waals surface area contributed by atoms with E-state index in [0.29, 0.717) is 5.92 Å². The molecule has 2 N–H and O–H groups in total. The number of hydrogen-bond donors (Lipinski definition) is 1. The molecule has 0 fully saturated rings. The molecule has 0 aliphatic rings. The van der Waals surface area contributed by atoms with E-state index in [4.69, 9.17) is 5.73 Å². The summed E-state index contributed by atoms with van der Waals surface area (Å²) in [6.45, 7) is 4.93. The van der Waals surface area contributed by atoms with Crippen molar-refractivity contribution in [3.05, 3.63) is 42.8 Å². The first-order chi connectivity index (χ1) is 6.34. The average molecular weight is 176 g/mol. The molecule has 1 rings (SSSR count). The topological polar surface area (TPSA) is 26.0 Å². The van der Waals surface area contributed by atoms with E-state index in [0.717, 1.165) is 19.4 Å². The molecule has 1 aromatic carbocycles. The van der Waals surface area contributed by atoms with Gasteiger partial charge < -0.3 is 5.73 Å². The number of nitrogens with two attached hydrogens (primary N) is 1. The van der Waals surface area contributed by atoms with Gasteiger partial charge in [0.15, 0.2) is 0 Å². The first kappa shape index (κ1) is 10.3. The van der Waals surface area contributed by atoms with Crippen molar-refractivity contribution >= 4 is 0 Å². The molecule has 0 saturated carbocycles. The molecule has 0 bridgehead atoms. The van der Waals surface area contributed by atoms with Gasteiger partial charge in [-0.1, -0.05) is 36.8 Å². The lowest BCUT2D eigenvalue weighted by Crippen LogP contribution is -2.00. The Bertz CT molecular complexity index is 218. The number of rotatable bonds is 5. The maximum absolute atomic E-state index is 5.43. The van der Waals surface area contributed by atoms with Crippen LogP contribution in [0.1, 0.15) is 30.7 Å². The van der Waals surface area contributed by atoms with Gasteiger partial charge in [0.2, 0.25) is 0 Å². The van der Waals surface area contributed by atoms with Crippen molar-refractivity contribution in [2.24, 2.45) is 5.73 Å². The molecule has 1 nitrogen and oxygen atoms in total. The highest BCUT2D eigenvalue weighted by Gasteiger charge is 2.03. The summed E-state index contributed by atoms with van der Waals surface area (Å²) in [5.74, 6) is 0.424. The Morgan fingerprint density at radius 1 is 1.15 bits per heavy atom. The van der Waals surface area contributed by atoms with Crippen LogP contribution in [0.25, 0.3) is 0 Å². The van der Waals surface area contributed by atoms with Crippen molar-refractivity contribution in [3.63, 3.8) is 0 Å². The van der Waals surface area contributed by atoms with Crippen LogP contribution in [0, 0.1) is 6.92 Å². The van der Waals surface area contributed by atoms with Gasteiger partial charge in [-0.25, -0.2) is 0 Å². The Kier molecular flexibility index (Phi) is 4.55. The third-order valence-corrected chi connectivity index (χ3v) is 2.28. The first-order valence-electron chi connectivity index (χ1n) is 4.92. The molecule has 0 spiro atoms. The Morgan fingerprint density at radius 2 is 1.85 bits per heavy atom. The fraction of sp³-hybridized carbons (Fsp3) is 0.417. The van der Waals surface area contributed by atoms with Crippen molar-refractivity contribution in [1.29, 1.82) is 0 Å². The highest BCUT2D eigenvalue weighted by molar-refractivity contribution is 5.20. The molecule has 0 aliphatic heterocycles. The molecule has 0 amide bonds. The number of benzene rings is 1. The highest BCUT2D eigenvalue weighted by Crippen LogP contribution is 2.19. The third-order valence-electron chi connectivity index (χ3n) is 2.28. The Hall–Kier alpha value is -0.820. The Balaban J connectivity index is 2.35. The summed E-state index contributed by atoms with van der Waals surface area (Å²) in [4.78, 5) is 0. The normalized spacial score (nSPS) is 12.8. The monoisotopic (exact) mass is 176 g/mol. The Labute approximate surface area is 81.0 Å². The minimum Gasteiger partial charge on any atom is -0.330 e. The lowest BCUT2D eigenvalue weighted by Gasteiger charge is -2.10. The molecule has 1 heteroatoms. The fourth-order valence-electron chi connectivity index (χ4n) is 1.43. The van der Waals surface area contributed by atoms with Gasteiger partial charge in [0.25, 0.3) is 0 Å². The lowest BCUT2D eigenvalue weighted by atomic mass is 9.96. The van der Waals surface area contributed by atoms with Gasteiger partial charge in [-0.15, -0.1) is 0 Å². The Morgan fingerprint density at radius 3 is 2.46 bits per heavy atom. The van der Waals surface area contributed by atoms with Crippen molar-refractivity contribution < 1.29 is 0 Å². The summed E-state index contributed by atoms with van der Waals surface area (Å²) in [5.41, 5.74) is 6.77. The highest BCUT2D eigenvalue weighted by atomic mass is 14.5. The van der Waals surface area contributed by atoms with E-state index >= 15 is 0 Å². The quantitative estimate of drug-likeness (QED) is 0.686. The van der Waals surface area contributed by atoms with Crippen LogP contribution in [0.3, 0.4) is 0 Å². The molecular weight excluding hydrogens is 158 g/mol.